The van der Waals surface area contributed by atoms with Gasteiger partial charge in [0.15, 0.2) is 0 Å². The molecule has 2 N–H and O–H groups in total. The van der Waals surface area contributed by atoms with E-state index in [0.29, 0.717) is 22.3 Å². The van der Waals surface area contributed by atoms with E-state index >= 15 is 0 Å². The third-order valence-corrected chi connectivity index (χ3v) is 4.65. The van der Waals surface area contributed by atoms with Gasteiger partial charge in [-0.25, -0.2) is 4.98 Å². The summed E-state index contributed by atoms with van der Waals surface area (Å²) in [5.74, 6) is 0.0481. The van der Waals surface area contributed by atoms with E-state index in [1.54, 1.807) is 25.2 Å². The van der Waals surface area contributed by atoms with Crippen LogP contribution in [0.15, 0.2) is 36.4 Å². The molecule has 3 rings (SSSR count). The highest BCUT2D eigenvalue weighted by Gasteiger charge is 2.17. The number of carbonyl (C=O) groups is 2. The van der Waals surface area contributed by atoms with E-state index in [1.165, 1.54) is 7.11 Å². The van der Waals surface area contributed by atoms with Crippen LogP contribution in [0, 0.1) is 11.3 Å². The summed E-state index contributed by atoms with van der Waals surface area (Å²) in [6, 6.07) is 12.9. The second-order valence-corrected chi connectivity index (χ2v) is 6.40. The lowest BCUT2D eigenvalue weighted by atomic mass is 10.1. The van der Waals surface area contributed by atoms with Gasteiger partial charge in [0.05, 0.1) is 41.8 Å². The molecule has 1 aromatic heterocycles. The maximum Gasteiger partial charge on any atom is 0.307 e. The number of aryl methyl sites for hydroxylation is 1. The normalized spacial score (nSPS) is 10.4. The van der Waals surface area contributed by atoms with E-state index in [0.717, 1.165) is 16.9 Å². The van der Waals surface area contributed by atoms with Crippen LogP contribution in [0.25, 0.3) is 22.4 Å². The second kappa shape index (κ2) is 8.44. The third kappa shape index (κ3) is 4.04. The predicted molar refractivity (Wildman–Crippen MR) is 109 cm³/mol. The van der Waals surface area contributed by atoms with Gasteiger partial charge in [-0.3, -0.25) is 9.59 Å². The molecule has 0 saturated carbocycles. The number of anilines is 1. The topological polar surface area (TPSA) is 109 Å². The molecule has 148 valence electrons. The lowest BCUT2D eigenvalue weighted by molar-refractivity contribution is -0.140. The fourth-order valence-electron chi connectivity index (χ4n) is 3.06. The first-order valence-electron chi connectivity index (χ1n) is 9.02. The van der Waals surface area contributed by atoms with Gasteiger partial charge in [-0.2, -0.15) is 5.26 Å². The lowest BCUT2D eigenvalue weighted by Gasteiger charge is -2.10. The number of fused-ring (bicyclic) bond motifs is 1. The lowest BCUT2D eigenvalue weighted by Crippen LogP contribution is -2.27. The molecule has 1 amide bonds. The Morgan fingerprint density at radius 1 is 1.24 bits per heavy atom. The Balaban J connectivity index is 1.95. The van der Waals surface area contributed by atoms with Crippen LogP contribution < -0.4 is 10.6 Å². The van der Waals surface area contributed by atoms with Gasteiger partial charge in [0.1, 0.15) is 5.82 Å². The van der Waals surface area contributed by atoms with Crippen LogP contribution in [0.1, 0.15) is 22.3 Å². The highest BCUT2D eigenvalue weighted by molar-refractivity contribution is 6.03. The van der Waals surface area contributed by atoms with Crippen molar-refractivity contribution >= 4 is 28.6 Å². The van der Waals surface area contributed by atoms with Crippen molar-refractivity contribution < 1.29 is 14.3 Å². The number of benzene rings is 2. The van der Waals surface area contributed by atoms with E-state index in [-0.39, 0.29) is 24.8 Å². The number of nitrogens with zero attached hydrogens (tertiary/aromatic N) is 3. The van der Waals surface area contributed by atoms with Crippen molar-refractivity contribution in [1.29, 1.82) is 5.26 Å². The summed E-state index contributed by atoms with van der Waals surface area (Å²) in [5.41, 5.74) is 4.08. The molecule has 0 saturated heterocycles. The van der Waals surface area contributed by atoms with Gasteiger partial charge in [0, 0.05) is 31.9 Å². The maximum atomic E-state index is 12.6. The Morgan fingerprint density at radius 3 is 2.59 bits per heavy atom. The molecule has 0 spiro atoms. The fourth-order valence-corrected chi connectivity index (χ4v) is 3.06. The van der Waals surface area contributed by atoms with Gasteiger partial charge in [0.2, 0.25) is 0 Å². The standard InChI is InChI=1S/C21H21N5O3/c1-23-16-11-18-17(10-15(16)21(28)24-9-8-19(27)29-3)25-20(26(18)2)14-6-4-13(12-22)5-7-14/h4-7,10-11,23H,8-9H2,1-3H3,(H,24,28). The Morgan fingerprint density at radius 2 is 1.97 bits per heavy atom. The molecule has 1 heterocycles. The first-order valence-corrected chi connectivity index (χ1v) is 9.02. The Hall–Kier alpha value is -3.86. The van der Waals surface area contributed by atoms with Crippen LogP contribution in [0.2, 0.25) is 0 Å². The minimum atomic E-state index is -0.383. The number of hydrogen-bond donors (Lipinski definition) is 2. The summed E-state index contributed by atoms with van der Waals surface area (Å²) in [5, 5.41) is 14.7. The van der Waals surface area contributed by atoms with E-state index < -0.39 is 0 Å². The summed E-state index contributed by atoms with van der Waals surface area (Å²) in [7, 11) is 4.95. The smallest absolute Gasteiger partial charge is 0.307 e. The molecular formula is C21H21N5O3. The van der Waals surface area contributed by atoms with E-state index in [9.17, 15) is 9.59 Å². The Bertz CT molecular complexity index is 1110. The van der Waals surface area contributed by atoms with Gasteiger partial charge in [-0.05, 0) is 36.4 Å². The first kappa shape index (κ1) is 19.9. The first-order chi connectivity index (χ1) is 14.0. The zero-order valence-corrected chi connectivity index (χ0v) is 16.4. The molecule has 0 bridgehead atoms. The van der Waals surface area contributed by atoms with Crippen molar-refractivity contribution in [3.63, 3.8) is 0 Å². The number of imidazole rings is 1. The summed E-state index contributed by atoms with van der Waals surface area (Å²) in [4.78, 5) is 28.5. The van der Waals surface area contributed by atoms with Crippen LogP contribution in [0.4, 0.5) is 5.69 Å². The van der Waals surface area contributed by atoms with Crippen LogP contribution in [0.3, 0.4) is 0 Å². The molecule has 29 heavy (non-hydrogen) atoms. The van der Waals surface area contributed by atoms with E-state index in [4.69, 9.17) is 5.26 Å². The molecule has 0 aliphatic heterocycles. The van der Waals surface area contributed by atoms with Gasteiger partial charge in [0.25, 0.3) is 5.91 Å². The summed E-state index contributed by atoms with van der Waals surface area (Å²) < 4.78 is 6.52. The van der Waals surface area contributed by atoms with Crippen LogP contribution >= 0.6 is 0 Å². The average Bonchev–Trinajstić information content (AvgIpc) is 3.08. The fraction of sp³-hybridized carbons (Fsp3) is 0.238. The number of esters is 1. The second-order valence-electron chi connectivity index (χ2n) is 6.40. The number of ether oxygens (including phenoxy) is 1. The quantitative estimate of drug-likeness (QED) is 0.625. The molecule has 0 unspecified atom stereocenters. The van der Waals surface area contributed by atoms with Crippen LogP contribution in [-0.4, -0.2) is 42.1 Å². The van der Waals surface area contributed by atoms with Gasteiger partial charge in [-0.15, -0.1) is 0 Å². The summed E-state index contributed by atoms with van der Waals surface area (Å²) in [6.45, 7) is 0.186. The van der Waals surface area contributed by atoms with E-state index in [2.05, 4.69) is 26.4 Å². The third-order valence-electron chi connectivity index (χ3n) is 4.65. The number of aromatic nitrogens is 2. The molecule has 0 radical (unpaired) electrons. The van der Waals surface area contributed by atoms with Crippen molar-refractivity contribution in [2.45, 2.75) is 6.42 Å². The zero-order valence-electron chi connectivity index (χ0n) is 16.4. The molecule has 8 nitrogen and oxygen atoms in total. The summed E-state index contributed by atoms with van der Waals surface area (Å²) in [6.07, 6.45) is 0.103. The van der Waals surface area contributed by atoms with Crippen LogP contribution in [-0.2, 0) is 16.6 Å². The van der Waals surface area contributed by atoms with Gasteiger partial charge in [-0.1, -0.05) is 0 Å². The number of hydrogen-bond acceptors (Lipinski definition) is 6. The van der Waals surface area contributed by atoms with Gasteiger partial charge < -0.3 is 19.9 Å². The molecule has 2 aromatic carbocycles. The van der Waals surface area contributed by atoms with Crippen molar-refractivity contribution in [2.75, 3.05) is 26.0 Å². The van der Waals surface area contributed by atoms with Crippen molar-refractivity contribution in [3.8, 4) is 17.5 Å². The van der Waals surface area contributed by atoms with E-state index in [1.807, 2.05) is 29.8 Å². The van der Waals surface area contributed by atoms with Crippen molar-refractivity contribution in [1.82, 2.24) is 14.9 Å². The Labute approximate surface area is 168 Å². The number of methoxy groups -OCH3 is 1. The maximum absolute atomic E-state index is 12.6. The largest absolute Gasteiger partial charge is 0.469 e. The van der Waals surface area contributed by atoms with Crippen molar-refractivity contribution in [2.24, 2.45) is 7.05 Å². The number of nitrogens with one attached hydrogen (secondary N) is 2. The summed E-state index contributed by atoms with van der Waals surface area (Å²) >= 11 is 0. The molecular weight excluding hydrogens is 370 g/mol. The highest BCUT2D eigenvalue weighted by atomic mass is 16.5. The number of rotatable bonds is 6. The molecule has 8 heteroatoms. The van der Waals surface area contributed by atoms with Gasteiger partial charge >= 0.3 is 5.97 Å². The monoisotopic (exact) mass is 391 g/mol. The van der Waals surface area contributed by atoms with Crippen LogP contribution in [0.5, 0.6) is 0 Å². The molecule has 0 aliphatic rings. The Kier molecular flexibility index (Phi) is 5.79. The minimum absolute atomic E-state index is 0.103. The molecule has 0 aliphatic carbocycles. The zero-order chi connectivity index (χ0) is 21.0. The SMILES string of the molecule is CNc1cc2c(cc1C(=O)NCCC(=O)OC)nc(-c1ccc(C#N)cc1)n2C. The minimum Gasteiger partial charge on any atom is -0.469 e. The molecule has 0 fully saturated rings. The number of nitriles is 1. The molecule has 3 aromatic rings. The van der Waals surface area contributed by atoms with Crippen molar-refractivity contribution in [3.05, 3.63) is 47.5 Å². The number of amides is 1. The predicted octanol–water partition coefficient (Wildman–Crippen LogP) is 2.45. The average molecular weight is 391 g/mol. The highest BCUT2D eigenvalue weighted by Crippen LogP contribution is 2.28. The number of carbonyl (C=O) groups excluding carboxylic acids is 2. The molecule has 0 atom stereocenters.